The van der Waals surface area contributed by atoms with Crippen LogP contribution in [0.2, 0.25) is 5.02 Å². The third kappa shape index (κ3) is 5.39. The number of halogens is 1. The highest BCUT2D eigenvalue weighted by Gasteiger charge is 2.23. The molecule has 0 aromatic heterocycles. The molecular formula is C15H22ClNO3. The van der Waals surface area contributed by atoms with Crippen molar-refractivity contribution in [3.8, 4) is 0 Å². The Bertz CT molecular complexity index is 457. The molecule has 1 atom stereocenters. The predicted molar refractivity (Wildman–Crippen MR) is 79.9 cm³/mol. The van der Waals surface area contributed by atoms with Crippen molar-refractivity contribution in [3.63, 3.8) is 0 Å². The van der Waals surface area contributed by atoms with Crippen LogP contribution in [0, 0.1) is 0 Å². The second-order valence-electron chi connectivity index (χ2n) is 5.59. The minimum atomic E-state index is -0.791. The lowest BCUT2D eigenvalue weighted by Gasteiger charge is -2.28. The van der Waals surface area contributed by atoms with E-state index in [4.69, 9.17) is 16.3 Å². The number of aliphatic hydroxyl groups excluding tert-OH is 1. The highest BCUT2D eigenvalue weighted by molar-refractivity contribution is 6.30. The molecule has 0 aliphatic heterocycles. The first-order valence-corrected chi connectivity index (χ1v) is 7.02. The first kappa shape index (κ1) is 16.8. The topological polar surface area (TPSA) is 49.8 Å². The van der Waals surface area contributed by atoms with E-state index in [1.807, 2.05) is 27.7 Å². The summed E-state index contributed by atoms with van der Waals surface area (Å²) in [5.41, 5.74) is 0.130. The van der Waals surface area contributed by atoms with Crippen LogP contribution in [-0.4, -0.2) is 34.8 Å². The Morgan fingerprint density at radius 1 is 1.45 bits per heavy atom. The van der Waals surface area contributed by atoms with Crippen LogP contribution in [0.3, 0.4) is 0 Å². The highest BCUT2D eigenvalue weighted by atomic mass is 35.5. The maximum Gasteiger partial charge on any atom is 0.410 e. The van der Waals surface area contributed by atoms with E-state index in [9.17, 15) is 9.90 Å². The number of carbonyl (C=O) groups is 1. The lowest BCUT2D eigenvalue weighted by molar-refractivity contribution is 0.0157. The maximum atomic E-state index is 12.0. The molecule has 0 aliphatic rings. The van der Waals surface area contributed by atoms with Crippen LogP contribution in [0.15, 0.2) is 24.3 Å². The smallest absolute Gasteiger partial charge is 0.410 e. The van der Waals surface area contributed by atoms with E-state index < -0.39 is 17.8 Å². The van der Waals surface area contributed by atoms with Crippen molar-refractivity contribution in [3.05, 3.63) is 34.9 Å². The normalized spacial score (nSPS) is 12.9. The highest BCUT2D eigenvalue weighted by Crippen LogP contribution is 2.19. The number of hydrogen-bond donors (Lipinski definition) is 1. The summed E-state index contributed by atoms with van der Waals surface area (Å²) in [4.78, 5) is 13.5. The van der Waals surface area contributed by atoms with Gasteiger partial charge < -0.3 is 14.7 Å². The van der Waals surface area contributed by atoms with Crippen LogP contribution in [0.25, 0.3) is 0 Å². The molecule has 0 aliphatic carbocycles. The van der Waals surface area contributed by atoms with Crippen molar-refractivity contribution in [2.45, 2.75) is 39.4 Å². The Morgan fingerprint density at radius 2 is 2.10 bits per heavy atom. The van der Waals surface area contributed by atoms with Gasteiger partial charge in [-0.2, -0.15) is 0 Å². The molecule has 1 aromatic rings. The number of aliphatic hydroxyl groups is 1. The summed E-state index contributed by atoms with van der Waals surface area (Å²) >= 11 is 5.89. The molecule has 4 nitrogen and oxygen atoms in total. The maximum absolute atomic E-state index is 12.0. The molecular weight excluding hydrogens is 278 g/mol. The number of rotatable bonds is 4. The van der Waals surface area contributed by atoms with Gasteiger partial charge in [-0.05, 0) is 45.4 Å². The van der Waals surface area contributed by atoms with Crippen LogP contribution < -0.4 is 0 Å². The Morgan fingerprint density at radius 3 is 2.60 bits per heavy atom. The number of benzene rings is 1. The fourth-order valence-corrected chi connectivity index (χ4v) is 1.89. The average Bonchev–Trinajstić information content (AvgIpc) is 2.33. The molecule has 0 saturated carbocycles. The summed E-state index contributed by atoms with van der Waals surface area (Å²) in [5, 5.41) is 10.7. The predicted octanol–water partition coefficient (Wildman–Crippen LogP) is 3.63. The monoisotopic (exact) mass is 299 g/mol. The number of nitrogens with zero attached hydrogens (tertiary/aromatic N) is 1. The molecule has 1 N–H and O–H groups in total. The average molecular weight is 300 g/mol. The summed E-state index contributed by atoms with van der Waals surface area (Å²) in [6.45, 7) is 7.91. The number of amides is 1. The van der Waals surface area contributed by atoms with E-state index in [1.165, 1.54) is 4.90 Å². The molecule has 0 unspecified atom stereocenters. The molecule has 1 rings (SSSR count). The van der Waals surface area contributed by atoms with Crippen molar-refractivity contribution in [1.29, 1.82) is 0 Å². The summed E-state index contributed by atoms with van der Waals surface area (Å²) in [6.07, 6.45) is -1.22. The van der Waals surface area contributed by atoms with E-state index >= 15 is 0 Å². The number of ether oxygens (including phenoxy) is 1. The van der Waals surface area contributed by atoms with Crippen LogP contribution in [0.5, 0.6) is 0 Å². The molecule has 0 fully saturated rings. The van der Waals surface area contributed by atoms with Gasteiger partial charge in [0.25, 0.3) is 0 Å². The van der Waals surface area contributed by atoms with Gasteiger partial charge in [-0.3, -0.25) is 0 Å². The summed E-state index contributed by atoms with van der Waals surface area (Å²) < 4.78 is 5.30. The van der Waals surface area contributed by atoms with Crippen LogP contribution >= 0.6 is 11.6 Å². The van der Waals surface area contributed by atoms with Gasteiger partial charge in [0.15, 0.2) is 0 Å². The molecule has 0 heterocycles. The van der Waals surface area contributed by atoms with Crippen molar-refractivity contribution in [2.24, 2.45) is 0 Å². The van der Waals surface area contributed by atoms with Gasteiger partial charge in [-0.15, -0.1) is 0 Å². The quantitative estimate of drug-likeness (QED) is 0.923. The van der Waals surface area contributed by atoms with Crippen LogP contribution in [0.1, 0.15) is 39.4 Å². The van der Waals surface area contributed by atoms with Gasteiger partial charge in [-0.25, -0.2) is 4.79 Å². The zero-order chi connectivity index (χ0) is 15.3. The van der Waals surface area contributed by atoms with E-state index in [0.29, 0.717) is 17.1 Å². The van der Waals surface area contributed by atoms with E-state index in [1.54, 1.807) is 24.3 Å². The Hall–Kier alpha value is -1.26. The molecule has 0 spiro atoms. The van der Waals surface area contributed by atoms with Crippen molar-refractivity contribution in [1.82, 2.24) is 4.90 Å². The van der Waals surface area contributed by atoms with E-state index in [2.05, 4.69) is 0 Å². The summed E-state index contributed by atoms with van der Waals surface area (Å²) in [7, 11) is 0. The molecule has 1 aromatic carbocycles. The second-order valence-corrected chi connectivity index (χ2v) is 6.03. The van der Waals surface area contributed by atoms with Gasteiger partial charge in [-0.1, -0.05) is 23.7 Å². The van der Waals surface area contributed by atoms with E-state index in [-0.39, 0.29) is 6.54 Å². The Balaban J connectivity index is 2.71. The first-order valence-electron chi connectivity index (χ1n) is 6.64. The number of hydrogen-bond acceptors (Lipinski definition) is 3. The lowest BCUT2D eigenvalue weighted by atomic mass is 10.1. The largest absolute Gasteiger partial charge is 0.444 e. The minimum Gasteiger partial charge on any atom is -0.444 e. The fraction of sp³-hybridized carbons (Fsp3) is 0.533. The lowest BCUT2D eigenvalue weighted by Crippen LogP contribution is -2.39. The summed E-state index contributed by atoms with van der Waals surface area (Å²) in [6, 6.07) is 6.97. The Kier molecular flexibility index (Phi) is 5.84. The van der Waals surface area contributed by atoms with Gasteiger partial charge in [0, 0.05) is 11.6 Å². The molecule has 0 radical (unpaired) electrons. The second kappa shape index (κ2) is 6.95. The molecule has 0 saturated heterocycles. The first-order chi connectivity index (χ1) is 9.23. The minimum absolute atomic E-state index is 0.172. The van der Waals surface area contributed by atoms with Crippen LogP contribution in [-0.2, 0) is 4.74 Å². The van der Waals surface area contributed by atoms with Crippen molar-refractivity contribution in [2.75, 3.05) is 13.1 Å². The third-order valence-electron chi connectivity index (χ3n) is 2.66. The van der Waals surface area contributed by atoms with Gasteiger partial charge in [0.1, 0.15) is 5.60 Å². The zero-order valence-electron chi connectivity index (χ0n) is 12.4. The molecule has 1 amide bonds. The van der Waals surface area contributed by atoms with Crippen molar-refractivity contribution >= 4 is 17.7 Å². The van der Waals surface area contributed by atoms with Gasteiger partial charge in [0.2, 0.25) is 0 Å². The Labute approximate surface area is 125 Å². The van der Waals surface area contributed by atoms with Gasteiger partial charge >= 0.3 is 6.09 Å². The van der Waals surface area contributed by atoms with Gasteiger partial charge in [0.05, 0.1) is 12.6 Å². The SMILES string of the molecule is CCN(C[C@H](O)c1cccc(Cl)c1)C(=O)OC(C)(C)C. The number of carbonyl (C=O) groups excluding carboxylic acids is 1. The molecule has 20 heavy (non-hydrogen) atoms. The van der Waals surface area contributed by atoms with E-state index in [0.717, 1.165) is 0 Å². The third-order valence-corrected chi connectivity index (χ3v) is 2.90. The molecule has 5 heteroatoms. The molecule has 0 bridgehead atoms. The zero-order valence-corrected chi connectivity index (χ0v) is 13.1. The van der Waals surface area contributed by atoms with Crippen molar-refractivity contribution < 1.29 is 14.6 Å². The fourth-order valence-electron chi connectivity index (χ4n) is 1.69. The molecule has 112 valence electrons. The standard InChI is InChI=1S/C15H22ClNO3/c1-5-17(14(19)20-15(2,3)4)10-13(18)11-7-6-8-12(16)9-11/h6-9,13,18H,5,10H2,1-4H3/t13-/m0/s1. The summed E-state index contributed by atoms with van der Waals surface area (Å²) in [5.74, 6) is 0. The number of likely N-dealkylation sites (N-methyl/N-ethyl adjacent to an activating group) is 1. The van der Waals surface area contributed by atoms with Crippen LogP contribution in [0.4, 0.5) is 4.79 Å².